The highest BCUT2D eigenvalue weighted by molar-refractivity contribution is 7.92. The first kappa shape index (κ1) is 21.4. The molecule has 0 bridgehead atoms. The number of sulfonamides is 1. The second kappa shape index (κ2) is 8.36. The maximum atomic E-state index is 13.3. The summed E-state index contributed by atoms with van der Waals surface area (Å²) >= 11 is 6.25. The third kappa shape index (κ3) is 4.31. The Bertz CT molecular complexity index is 1270. The summed E-state index contributed by atoms with van der Waals surface area (Å²) in [7, 11) is -3.98. The molecular weight excluding hydrogens is 432 g/mol. The highest BCUT2D eigenvalue weighted by atomic mass is 35.5. The molecular formula is C24H23ClN2O3S. The normalized spacial score (nSPS) is 13.6. The molecule has 0 radical (unpaired) electrons. The van der Waals surface area contributed by atoms with Crippen LogP contribution in [0.2, 0.25) is 5.02 Å². The van der Waals surface area contributed by atoms with E-state index in [4.69, 9.17) is 11.6 Å². The fraction of sp³-hybridized carbons (Fsp3) is 0.208. The largest absolute Gasteiger partial charge is 0.308 e. The number of anilines is 2. The molecule has 3 aromatic rings. The number of fused-ring (bicyclic) bond motifs is 1. The highest BCUT2D eigenvalue weighted by Crippen LogP contribution is 2.31. The molecule has 0 aliphatic carbocycles. The zero-order valence-corrected chi connectivity index (χ0v) is 18.9. The molecule has 3 aromatic carbocycles. The molecule has 1 amide bonds. The van der Waals surface area contributed by atoms with Crippen LogP contribution in [0, 0.1) is 13.8 Å². The molecule has 0 fully saturated rings. The van der Waals surface area contributed by atoms with Crippen molar-refractivity contribution in [2.45, 2.75) is 31.6 Å². The number of nitrogens with zero attached hydrogens (tertiary/aromatic N) is 1. The van der Waals surface area contributed by atoms with E-state index in [1.807, 2.05) is 50.2 Å². The maximum Gasteiger partial charge on any atom is 0.263 e. The lowest BCUT2D eigenvalue weighted by molar-refractivity contribution is 0.0985. The van der Waals surface area contributed by atoms with Gasteiger partial charge in [0.2, 0.25) is 0 Å². The lowest BCUT2D eigenvalue weighted by Gasteiger charge is -2.29. The summed E-state index contributed by atoms with van der Waals surface area (Å²) in [5.74, 6) is -0.244. The fourth-order valence-corrected chi connectivity index (χ4v) is 5.44. The Balaban J connectivity index is 1.69. The summed E-state index contributed by atoms with van der Waals surface area (Å²) < 4.78 is 28.8. The van der Waals surface area contributed by atoms with Crippen LogP contribution in [0.4, 0.5) is 11.4 Å². The standard InChI is InChI=1S/C24H23ClN2O3S/c1-16-9-10-17(2)21(14-16)26-31(29,30)23-15-19(11-12-20(23)25)24(28)27-13-5-7-18-6-3-4-8-22(18)27/h3-4,6,8-12,14-15,26H,5,7,13H2,1-2H3. The van der Waals surface area contributed by atoms with Gasteiger partial charge in [0.1, 0.15) is 4.90 Å². The Hall–Kier alpha value is -2.83. The molecule has 1 heterocycles. The second-order valence-corrected chi connectivity index (χ2v) is 9.82. The Kier molecular flexibility index (Phi) is 5.77. The number of rotatable bonds is 4. The van der Waals surface area contributed by atoms with E-state index in [2.05, 4.69) is 4.72 Å². The van der Waals surface area contributed by atoms with Crippen LogP contribution in [0.25, 0.3) is 0 Å². The van der Waals surface area contributed by atoms with Crippen LogP contribution in [0.3, 0.4) is 0 Å². The van der Waals surface area contributed by atoms with Gasteiger partial charge in [-0.05, 0) is 73.7 Å². The predicted octanol–water partition coefficient (Wildman–Crippen LogP) is 5.35. The minimum absolute atomic E-state index is 0.0633. The number of para-hydroxylation sites is 1. The van der Waals surface area contributed by atoms with Gasteiger partial charge in [0.05, 0.1) is 10.7 Å². The van der Waals surface area contributed by atoms with Gasteiger partial charge in [-0.15, -0.1) is 0 Å². The van der Waals surface area contributed by atoms with Gasteiger partial charge in [-0.3, -0.25) is 9.52 Å². The molecule has 1 aliphatic rings. The van der Waals surface area contributed by atoms with Gasteiger partial charge >= 0.3 is 0 Å². The topological polar surface area (TPSA) is 66.5 Å². The zero-order chi connectivity index (χ0) is 22.2. The molecule has 0 atom stereocenters. The van der Waals surface area contributed by atoms with E-state index in [1.54, 1.807) is 17.0 Å². The smallest absolute Gasteiger partial charge is 0.263 e. The SMILES string of the molecule is Cc1ccc(C)c(NS(=O)(=O)c2cc(C(=O)N3CCCc4ccccc43)ccc2Cl)c1. The maximum absolute atomic E-state index is 13.3. The van der Waals surface area contributed by atoms with Crippen molar-refractivity contribution in [2.24, 2.45) is 0 Å². The van der Waals surface area contributed by atoms with E-state index in [0.717, 1.165) is 35.2 Å². The molecule has 31 heavy (non-hydrogen) atoms. The van der Waals surface area contributed by atoms with E-state index in [0.29, 0.717) is 12.2 Å². The minimum atomic E-state index is -3.98. The minimum Gasteiger partial charge on any atom is -0.308 e. The van der Waals surface area contributed by atoms with Crippen LogP contribution in [-0.4, -0.2) is 20.9 Å². The van der Waals surface area contributed by atoms with Gasteiger partial charge in [-0.1, -0.05) is 41.9 Å². The summed E-state index contributed by atoms with van der Waals surface area (Å²) in [6.07, 6.45) is 1.77. The molecule has 0 saturated carbocycles. The highest BCUT2D eigenvalue weighted by Gasteiger charge is 2.26. The Morgan fingerprint density at radius 1 is 1.03 bits per heavy atom. The Morgan fingerprint density at radius 2 is 1.81 bits per heavy atom. The zero-order valence-electron chi connectivity index (χ0n) is 17.4. The molecule has 5 nitrogen and oxygen atoms in total. The number of hydrogen-bond donors (Lipinski definition) is 1. The average molecular weight is 455 g/mol. The summed E-state index contributed by atoms with van der Waals surface area (Å²) in [6.45, 7) is 4.30. The number of carbonyl (C=O) groups excluding carboxylic acids is 1. The Morgan fingerprint density at radius 3 is 2.61 bits per heavy atom. The number of benzene rings is 3. The van der Waals surface area contributed by atoms with E-state index >= 15 is 0 Å². The number of carbonyl (C=O) groups is 1. The van der Waals surface area contributed by atoms with Crippen molar-refractivity contribution in [3.63, 3.8) is 0 Å². The van der Waals surface area contributed by atoms with Crippen LogP contribution in [0.1, 0.15) is 33.5 Å². The first-order valence-electron chi connectivity index (χ1n) is 10.1. The fourth-order valence-electron chi connectivity index (χ4n) is 3.79. The predicted molar refractivity (Wildman–Crippen MR) is 125 cm³/mol. The number of hydrogen-bond acceptors (Lipinski definition) is 3. The number of amides is 1. The van der Waals surface area contributed by atoms with Crippen molar-refractivity contribution in [1.82, 2.24) is 0 Å². The van der Waals surface area contributed by atoms with Gasteiger partial charge in [0, 0.05) is 17.8 Å². The lowest BCUT2D eigenvalue weighted by Crippen LogP contribution is -2.35. The van der Waals surface area contributed by atoms with Crippen molar-refractivity contribution in [3.05, 3.63) is 87.9 Å². The van der Waals surface area contributed by atoms with E-state index in [9.17, 15) is 13.2 Å². The molecule has 0 saturated heterocycles. The molecule has 4 rings (SSSR count). The molecule has 0 unspecified atom stereocenters. The van der Waals surface area contributed by atoms with Crippen molar-refractivity contribution >= 4 is 38.9 Å². The quantitative estimate of drug-likeness (QED) is 0.577. The molecule has 0 spiro atoms. The number of halogens is 1. The molecule has 1 aliphatic heterocycles. The van der Waals surface area contributed by atoms with E-state index < -0.39 is 10.0 Å². The third-order valence-corrected chi connectivity index (χ3v) is 7.31. The second-order valence-electron chi connectivity index (χ2n) is 7.76. The van der Waals surface area contributed by atoms with Crippen molar-refractivity contribution in [1.29, 1.82) is 0 Å². The van der Waals surface area contributed by atoms with Crippen LogP contribution in [-0.2, 0) is 16.4 Å². The first-order chi connectivity index (χ1) is 14.8. The third-order valence-electron chi connectivity index (χ3n) is 5.46. The number of aryl methyl sites for hydroxylation is 3. The van der Waals surface area contributed by atoms with E-state index in [1.165, 1.54) is 12.1 Å². The van der Waals surface area contributed by atoms with Crippen molar-refractivity contribution in [3.8, 4) is 0 Å². The lowest BCUT2D eigenvalue weighted by atomic mass is 10.0. The monoisotopic (exact) mass is 454 g/mol. The van der Waals surface area contributed by atoms with Crippen molar-refractivity contribution < 1.29 is 13.2 Å². The molecule has 160 valence electrons. The number of nitrogens with one attached hydrogen (secondary N) is 1. The van der Waals surface area contributed by atoms with Gasteiger partial charge < -0.3 is 4.90 Å². The molecule has 7 heteroatoms. The van der Waals surface area contributed by atoms with Crippen molar-refractivity contribution in [2.75, 3.05) is 16.2 Å². The van der Waals surface area contributed by atoms with Crippen LogP contribution >= 0.6 is 11.6 Å². The van der Waals surface area contributed by atoms with Gasteiger partial charge in [-0.2, -0.15) is 0 Å². The Labute approximate surface area is 187 Å². The van der Waals surface area contributed by atoms with Crippen LogP contribution in [0.5, 0.6) is 0 Å². The summed E-state index contributed by atoms with van der Waals surface area (Å²) in [5, 5.41) is 0.0633. The van der Waals surface area contributed by atoms with Gasteiger partial charge in [0.25, 0.3) is 15.9 Å². The summed E-state index contributed by atoms with van der Waals surface area (Å²) in [4.78, 5) is 14.9. The first-order valence-corrected chi connectivity index (χ1v) is 11.9. The van der Waals surface area contributed by atoms with Crippen LogP contribution < -0.4 is 9.62 Å². The average Bonchev–Trinajstić information content (AvgIpc) is 2.75. The van der Waals surface area contributed by atoms with Gasteiger partial charge in [0.15, 0.2) is 0 Å². The molecule has 0 aromatic heterocycles. The van der Waals surface area contributed by atoms with E-state index in [-0.39, 0.29) is 21.4 Å². The van der Waals surface area contributed by atoms with Crippen LogP contribution in [0.15, 0.2) is 65.6 Å². The summed E-state index contributed by atoms with van der Waals surface area (Å²) in [6, 6.07) is 17.7. The van der Waals surface area contributed by atoms with Gasteiger partial charge in [-0.25, -0.2) is 8.42 Å². The molecule has 1 N–H and O–H groups in total. The summed E-state index contributed by atoms with van der Waals surface area (Å²) in [5.41, 5.74) is 4.47.